The van der Waals surface area contributed by atoms with Gasteiger partial charge in [-0.15, -0.1) is 0 Å². The monoisotopic (exact) mass is 411 g/mol. The van der Waals surface area contributed by atoms with E-state index in [1.54, 1.807) is 0 Å². The summed E-state index contributed by atoms with van der Waals surface area (Å²) in [6, 6.07) is 18.4. The highest BCUT2D eigenvalue weighted by Crippen LogP contribution is 2.44. The fourth-order valence-corrected chi connectivity index (χ4v) is 4.24. The molecule has 4 nitrogen and oxygen atoms in total. The van der Waals surface area contributed by atoms with Crippen molar-refractivity contribution in [2.45, 2.75) is 39.2 Å². The Morgan fingerprint density at radius 1 is 1.06 bits per heavy atom. The Hall–Kier alpha value is -3.40. The highest BCUT2D eigenvalue weighted by atomic mass is 16.6. The van der Waals surface area contributed by atoms with Crippen LogP contribution in [0, 0.1) is 5.92 Å². The van der Waals surface area contributed by atoms with E-state index < -0.39 is 5.60 Å². The average Bonchev–Trinajstić information content (AvgIpc) is 3.12. The maximum atomic E-state index is 12.5. The van der Waals surface area contributed by atoms with Gasteiger partial charge in [0.05, 0.1) is 17.7 Å². The average molecular weight is 412 g/mol. The van der Waals surface area contributed by atoms with E-state index in [1.165, 1.54) is 5.57 Å². The predicted octanol–water partition coefficient (Wildman–Crippen LogP) is 6.53. The molecule has 156 valence electrons. The van der Waals surface area contributed by atoms with Gasteiger partial charge in [0, 0.05) is 22.5 Å². The molecule has 0 N–H and O–H groups in total. The Balaban J connectivity index is 1.59. The molecule has 5 rings (SSSR count). The van der Waals surface area contributed by atoms with Crippen molar-refractivity contribution in [3.05, 3.63) is 83.8 Å². The van der Waals surface area contributed by atoms with Crippen LogP contribution in [0.4, 0.5) is 0 Å². The van der Waals surface area contributed by atoms with Gasteiger partial charge in [-0.05, 0) is 69.0 Å². The highest BCUT2D eigenvalue weighted by molar-refractivity contribution is 5.99. The van der Waals surface area contributed by atoms with E-state index in [2.05, 4.69) is 35.3 Å². The number of fused-ring (bicyclic) bond motifs is 2. The molecule has 1 aliphatic carbocycles. The molecule has 4 heteroatoms. The Kier molecular flexibility index (Phi) is 4.66. The zero-order chi connectivity index (χ0) is 21.6. The standard InChI is InChI=1S/C27H25NO3/c1-27(2,3)31-26(29)20-14-19(15-20)25(22-16-30-24-9-5-4-8-21(22)24)18-10-11-23-17(13-18)7-6-12-28-23/h4-13,16,20H,14-15H2,1-3H3. The van der Waals surface area contributed by atoms with Gasteiger partial charge in [0.15, 0.2) is 0 Å². The van der Waals surface area contributed by atoms with E-state index in [-0.39, 0.29) is 11.9 Å². The van der Waals surface area contributed by atoms with Crippen molar-refractivity contribution >= 4 is 33.4 Å². The zero-order valence-electron chi connectivity index (χ0n) is 18.0. The predicted molar refractivity (Wildman–Crippen MR) is 123 cm³/mol. The molecule has 2 heterocycles. The smallest absolute Gasteiger partial charge is 0.310 e. The van der Waals surface area contributed by atoms with E-state index in [9.17, 15) is 4.79 Å². The number of hydrogen-bond acceptors (Lipinski definition) is 4. The lowest BCUT2D eigenvalue weighted by Crippen LogP contribution is -2.33. The van der Waals surface area contributed by atoms with Crippen molar-refractivity contribution in [3.63, 3.8) is 0 Å². The number of aromatic nitrogens is 1. The topological polar surface area (TPSA) is 52.3 Å². The third kappa shape index (κ3) is 3.74. The first kappa shape index (κ1) is 19.6. The largest absolute Gasteiger partial charge is 0.464 e. The number of carbonyl (C=O) groups excluding carboxylic acids is 1. The maximum absolute atomic E-state index is 12.5. The summed E-state index contributed by atoms with van der Waals surface area (Å²) in [5.74, 6) is -0.208. The van der Waals surface area contributed by atoms with Gasteiger partial charge in [-0.25, -0.2) is 0 Å². The first-order valence-electron chi connectivity index (χ1n) is 10.7. The van der Waals surface area contributed by atoms with Crippen molar-refractivity contribution in [2.24, 2.45) is 5.92 Å². The molecule has 2 aromatic carbocycles. The lowest BCUT2D eigenvalue weighted by atomic mass is 9.74. The molecule has 4 aromatic rings. The second kappa shape index (κ2) is 7.38. The summed E-state index contributed by atoms with van der Waals surface area (Å²) in [5, 5.41) is 2.17. The van der Waals surface area contributed by atoms with Gasteiger partial charge in [-0.3, -0.25) is 9.78 Å². The molecule has 31 heavy (non-hydrogen) atoms. The van der Waals surface area contributed by atoms with Crippen molar-refractivity contribution in [1.29, 1.82) is 0 Å². The van der Waals surface area contributed by atoms with Crippen LogP contribution in [0.2, 0.25) is 0 Å². The van der Waals surface area contributed by atoms with Crippen LogP contribution in [-0.4, -0.2) is 16.6 Å². The number of pyridine rings is 1. The van der Waals surface area contributed by atoms with E-state index in [1.807, 2.05) is 57.5 Å². The first-order valence-corrected chi connectivity index (χ1v) is 10.7. The minimum Gasteiger partial charge on any atom is -0.464 e. The number of esters is 1. The molecule has 0 saturated heterocycles. The van der Waals surface area contributed by atoms with Crippen LogP contribution in [-0.2, 0) is 9.53 Å². The molecule has 1 saturated carbocycles. The number of ether oxygens (including phenoxy) is 1. The van der Waals surface area contributed by atoms with Crippen LogP contribution >= 0.6 is 0 Å². The minimum absolute atomic E-state index is 0.0930. The second-order valence-corrected chi connectivity index (χ2v) is 9.17. The minimum atomic E-state index is -0.467. The van der Waals surface area contributed by atoms with E-state index in [0.29, 0.717) is 12.8 Å². The zero-order valence-corrected chi connectivity index (χ0v) is 18.0. The van der Waals surface area contributed by atoms with Crippen LogP contribution in [0.5, 0.6) is 0 Å². The Morgan fingerprint density at radius 3 is 2.68 bits per heavy atom. The van der Waals surface area contributed by atoms with Gasteiger partial charge in [0.2, 0.25) is 0 Å². The van der Waals surface area contributed by atoms with Gasteiger partial charge in [-0.2, -0.15) is 0 Å². The number of carbonyl (C=O) groups is 1. The van der Waals surface area contributed by atoms with E-state index in [4.69, 9.17) is 9.15 Å². The number of allylic oxidation sites excluding steroid dienone is 1. The summed E-state index contributed by atoms with van der Waals surface area (Å²) in [7, 11) is 0. The summed E-state index contributed by atoms with van der Waals surface area (Å²) < 4.78 is 11.5. The lowest BCUT2D eigenvalue weighted by molar-refractivity contribution is -0.161. The Morgan fingerprint density at radius 2 is 1.87 bits per heavy atom. The molecule has 2 aromatic heterocycles. The van der Waals surface area contributed by atoms with Crippen molar-refractivity contribution in [2.75, 3.05) is 0 Å². The molecule has 0 unspecified atom stereocenters. The number of benzene rings is 2. The molecule has 1 fully saturated rings. The normalized spacial score (nSPS) is 16.4. The van der Waals surface area contributed by atoms with Crippen LogP contribution in [0.3, 0.4) is 0 Å². The van der Waals surface area contributed by atoms with Crippen molar-refractivity contribution in [3.8, 4) is 0 Å². The van der Waals surface area contributed by atoms with Crippen LogP contribution in [0.15, 0.2) is 77.0 Å². The molecule has 0 spiro atoms. The summed E-state index contributed by atoms with van der Waals surface area (Å²) in [6.07, 6.45) is 5.05. The third-order valence-electron chi connectivity index (χ3n) is 5.72. The molecular weight excluding hydrogens is 386 g/mol. The number of furan rings is 1. The number of hydrogen-bond donors (Lipinski definition) is 0. The third-order valence-corrected chi connectivity index (χ3v) is 5.72. The van der Waals surface area contributed by atoms with Gasteiger partial charge >= 0.3 is 5.97 Å². The number of nitrogens with zero attached hydrogens (tertiary/aromatic N) is 1. The number of para-hydroxylation sites is 1. The molecule has 0 bridgehead atoms. The Bertz CT molecular complexity index is 1320. The summed E-state index contributed by atoms with van der Waals surface area (Å²) >= 11 is 0. The van der Waals surface area contributed by atoms with Crippen LogP contribution in [0.1, 0.15) is 44.7 Å². The van der Waals surface area contributed by atoms with Crippen molar-refractivity contribution < 1.29 is 13.9 Å². The Labute approximate surface area is 181 Å². The summed E-state index contributed by atoms with van der Waals surface area (Å²) in [4.78, 5) is 17.0. The quantitative estimate of drug-likeness (QED) is 0.359. The van der Waals surface area contributed by atoms with Crippen LogP contribution in [0.25, 0.3) is 27.4 Å². The highest BCUT2D eigenvalue weighted by Gasteiger charge is 2.36. The molecule has 0 amide bonds. The van der Waals surface area contributed by atoms with Gasteiger partial charge in [0.1, 0.15) is 11.2 Å². The van der Waals surface area contributed by atoms with Gasteiger partial charge in [0.25, 0.3) is 0 Å². The molecule has 0 atom stereocenters. The SMILES string of the molecule is CC(C)(C)OC(=O)C1CC(=C(c2ccc3ncccc3c2)c2coc3ccccc23)C1. The summed E-state index contributed by atoms with van der Waals surface area (Å²) in [5.41, 5.74) is 5.95. The van der Waals surface area contributed by atoms with Crippen molar-refractivity contribution in [1.82, 2.24) is 4.98 Å². The first-order chi connectivity index (χ1) is 14.9. The summed E-state index contributed by atoms with van der Waals surface area (Å²) in [6.45, 7) is 5.73. The lowest BCUT2D eigenvalue weighted by Gasteiger charge is -2.33. The second-order valence-electron chi connectivity index (χ2n) is 9.17. The molecule has 0 aliphatic heterocycles. The van der Waals surface area contributed by atoms with Crippen LogP contribution < -0.4 is 0 Å². The maximum Gasteiger partial charge on any atom is 0.310 e. The molecule has 0 radical (unpaired) electrons. The fraction of sp³-hybridized carbons (Fsp3) is 0.259. The molecule has 1 aliphatic rings. The van der Waals surface area contributed by atoms with Gasteiger partial charge in [-0.1, -0.05) is 35.9 Å². The van der Waals surface area contributed by atoms with Gasteiger partial charge < -0.3 is 9.15 Å². The fourth-order valence-electron chi connectivity index (χ4n) is 4.24. The number of rotatable bonds is 3. The van der Waals surface area contributed by atoms with E-state index in [0.717, 1.165) is 38.6 Å². The molecular formula is C27H25NO3. The van der Waals surface area contributed by atoms with E-state index >= 15 is 0 Å².